The summed E-state index contributed by atoms with van der Waals surface area (Å²) in [5.41, 5.74) is 4.66. The number of carbonyl (C=O) groups excluding carboxylic acids is 2. The molecule has 0 radical (unpaired) electrons. The molecule has 0 aliphatic carbocycles. The topological polar surface area (TPSA) is 61.4 Å². The molecule has 0 saturated heterocycles. The third-order valence-electron chi connectivity index (χ3n) is 4.66. The van der Waals surface area contributed by atoms with E-state index in [1.165, 1.54) is 5.56 Å². The lowest BCUT2D eigenvalue weighted by Crippen LogP contribution is -2.28. The number of hydrogen-bond acceptors (Lipinski definition) is 2. The molecule has 29 heavy (non-hydrogen) atoms. The Morgan fingerprint density at radius 2 is 1.45 bits per heavy atom. The summed E-state index contributed by atoms with van der Waals surface area (Å²) < 4.78 is 0. The molecular weight excluding hydrogens is 362 g/mol. The van der Waals surface area contributed by atoms with Gasteiger partial charge >= 0.3 is 6.03 Å². The van der Waals surface area contributed by atoms with Gasteiger partial charge in [0.15, 0.2) is 0 Å². The summed E-state index contributed by atoms with van der Waals surface area (Å²) >= 11 is 0. The van der Waals surface area contributed by atoms with Crippen LogP contribution >= 0.6 is 0 Å². The fraction of sp³-hybridized carbons (Fsp3) is 0.167. The Labute approximate surface area is 171 Å². The van der Waals surface area contributed by atoms with Gasteiger partial charge in [-0.05, 0) is 42.3 Å². The van der Waals surface area contributed by atoms with E-state index in [0.717, 1.165) is 16.8 Å². The molecule has 2 N–H and O–H groups in total. The van der Waals surface area contributed by atoms with Gasteiger partial charge in [-0.3, -0.25) is 4.79 Å². The number of nitrogens with one attached hydrogen (secondary N) is 2. The van der Waals surface area contributed by atoms with Crippen molar-refractivity contribution >= 4 is 23.3 Å². The zero-order chi connectivity index (χ0) is 20.6. The molecule has 0 bridgehead atoms. The van der Waals surface area contributed by atoms with Crippen LogP contribution in [0.25, 0.3) is 0 Å². The number of benzene rings is 3. The molecule has 5 nitrogen and oxygen atoms in total. The van der Waals surface area contributed by atoms with Crippen LogP contribution in [0.4, 0.5) is 16.2 Å². The van der Waals surface area contributed by atoms with Crippen LogP contribution in [0.2, 0.25) is 0 Å². The van der Waals surface area contributed by atoms with Gasteiger partial charge in [-0.2, -0.15) is 0 Å². The van der Waals surface area contributed by atoms with Crippen molar-refractivity contribution in [3.8, 4) is 0 Å². The van der Waals surface area contributed by atoms with Gasteiger partial charge in [-0.15, -0.1) is 0 Å². The zero-order valence-corrected chi connectivity index (χ0v) is 16.7. The Morgan fingerprint density at radius 1 is 0.828 bits per heavy atom. The van der Waals surface area contributed by atoms with Crippen LogP contribution in [0.1, 0.15) is 16.7 Å². The third-order valence-corrected chi connectivity index (χ3v) is 4.66. The second-order valence-corrected chi connectivity index (χ2v) is 6.96. The Balaban J connectivity index is 1.49. The van der Waals surface area contributed by atoms with E-state index < -0.39 is 0 Å². The number of nitrogens with zero attached hydrogens (tertiary/aromatic N) is 1. The standard InChI is InChI=1S/C24H25N3O2/c1-18-8-10-20(11-9-18)17-25-24(29)26-21-14-12-19(13-15-21)16-23(28)27(2)22-6-4-3-5-7-22/h3-15H,16-17H2,1-2H3,(H2,25,26,29). The van der Waals surface area contributed by atoms with Gasteiger partial charge in [-0.25, -0.2) is 4.79 Å². The summed E-state index contributed by atoms with van der Waals surface area (Å²) in [5.74, 6) is 0.00718. The Kier molecular flexibility index (Phi) is 6.63. The zero-order valence-electron chi connectivity index (χ0n) is 16.7. The van der Waals surface area contributed by atoms with E-state index in [0.29, 0.717) is 18.7 Å². The number of para-hydroxylation sites is 1. The van der Waals surface area contributed by atoms with Crippen molar-refractivity contribution in [2.45, 2.75) is 19.9 Å². The van der Waals surface area contributed by atoms with Gasteiger partial charge < -0.3 is 15.5 Å². The van der Waals surface area contributed by atoms with Crippen LogP contribution in [0.5, 0.6) is 0 Å². The first-order valence-corrected chi connectivity index (χ1v) is 9.52. The van der Waals surface area contributed by atoms with Crippen molar-refractivity contribution in [3.63, 3.8) is 0 Å². The SMILES string of the molecule is Cc1ccc(CNC(=O)Nc2ccc(CC(=O)N(C)c3ccccc3)cc2)cc1. The van der Waals surface area contributed by atoms with Crippen molar-refractivity contribution in [1.82, 2.24) is 5.32 Å². The number of anilines is 2. The minimum absolute atomic E-state index is 0.00718. The number of rotatable bonds is 6. The highest BCUT2D eigenvalue weighted by Crippen LogP contribution is 2.15. The lowest BCUT2D eigenvalue weighted by atomic mass is 10.1. The highest BCUT2D eigenvalue weighted by atomic mass is 16.2. The van der Waals surface area contributed by atoms with E-state index in [9.17, 15) is 9.59 Å². The Morgan fingerprint density at radius 3 is 2.10 bits per heavy atom. The van der Waals surface area contributed by atoms with Crippen molar-refractivity contribution in [2.75, 3.05) is 17.3 Å². The molecule has 0 unspecified atom stereocenters. The maximum Gasteiger partial charge on any atom is 0.319 e. The molecular formula is C24H25N3O2. The smallest absolute Gasteiger partial charge is 0.319 e. The summed E-state index contributed by atoms with van der Waals surface area (Å²) in [4.78, 5) is 26.2. The predicted octanol–water partition coefficient (Wildman–Crippen LogP) is 4.52. The van der Waals surface area contributed by atoms with Crippen LogP contribution in [-0.2, 0) is 17.8 Å². The molecule has 3 aromatic carbocycles. The highest BCUT2D eigenvalue weighted by Gasteiger charge is 2.11. The van der Waals surface area contributed by atoms with Crippen molar-refractivity contribution in [2.24, 2.45) is 0 Å². The summed E-state index contributed by atoms with van der Waals surface area (Å²) in [6.07, 6.45) is 0.297. The monoisotopic (exact) mass is 387 g/mol. The van der Waals surface area contributed by atoms with Crippen molar-refractivity contribution < 1.29 is 9.59 Å². The van der Waals surface area contributed by atoms with E-state index in [-0.39, 0.29) is 11.9 Å². The number of urea groups is 1. The normalized spacial score (nSPS) is 10.3. The quantitative estimate of drug-likeness (QED) is 0.653. The van der Waals surface area contributed by atoms with Gasteiger partial charge in [0.05, 0.1) is 6.42 Å². The number of aryl methyl sites for hydroxylation is 1. The maximum absolute atomic E-state index is 12.5. The molecule has 0 aliphatic heterocycles. The van der Waals surface area contributed by atoms with Gasteiger partial charge in [0, 0.05) is 25.0 Å². The average Bonchev–Trinajstić information content (AvgIpc) is 2.75. The molecule has 0 spiro atoms. The van der Waals surface area contributed by atoms with Gasteiger partial charge in [0.2, 0.25) is 5.91 Å². The number of likely N-dealkylation sites (N-methyl/N-ethyl adjacent to an activating group) is 1. The van der Waals surface area contributed by atoms with Crippen LogP contribution in [-0.4, -0.2) is 19.0 Å². The average molecular weight is 387 g/mol. The molecule has 0 heterocycles. The number of hydrogen-bond donors (Lipinski definition) is 2. The number of amides is 3. The summed E-state index contributed by atoms with van der Waals surface area (Å²) in [7, 11) is 1.77. The van der Waals surface area contributed by atoms with Crippen LogP contribution in [0.15, 0.2) is 78.9 Å². The first kappa shape index (κ1) is 20.1. The summed E-state index contributed by atoms with van der Waals surface area (Å²) in [6.45, 7) is 2.49. The van der Waals surface area contributed by atoms with Crippen LogP contribution in [0.3, 0.4) is 0 Å². The minimum Gasteiger partial charge on any atom is -0.334 e. The molecule has 0 saturated carbocycles. The minimum atomic E-state index is -0.266. The Bertz CT molecular complexity index is 952. The second-order valence-electron chi connectivity index (χ2n) is 6.96. The van der Waals surface area contributed by atoms with Gasteiger partial charge in [-0.1, -0.05) is 60.2 Å². The van der Waals surface area contributed by atoms with E-state index in [2.05, 4.69) is 10.6 Å². The van der Waals surface area contributed by atoms with E-state index in [4.69, 9.17) is 0 Å². The first-order chi connectivity index (χ1) is 14.0. The molecule has 3 rings (SSSR count). The molecule has 5 heteroatoms. The molecule has 3 aromatic rings. The van der Waals surface area contributed by atoms with Gasteiger partial charge in [0.25, 0.3) is 0 Å². The van der Waals surface area contributed by atoms with Crippen LogP contribution in [0, 0.1) is 6.92 Å². The molecule has 0 fully saturated rings. The lowest BCUT2D eigenvalue weighted by molar-refractivity contribution is -0.117. The second kappa shape index (κ2) is 9.55. The fourth-order valence-electron chi connectivity index (χ4n) is 2.86. The van der Waals surface area contributed by atoms with Crippen molar-refractivity contribution in [1.29, 1.82) is 0 Å². The van der Waals surface area contributed by atoms with E-state index >= 15 is 0 Å². The Hall–Kier alpha value is -3.60. The third kappa shape index (κ3) is 5.94. The summed E-state index contributed by atoms with van der Waals surface area (Å²) in [6, 6.07) is 24.6. The molecule has 0 aliphatic rings. The molecule has 148 valence electrons. The largest absolute Gasteiger partial charge is 0.334 e. The van der Waals surface area contributed by atoms with Crippen LogP contribution < -0.4 is 15.5 Å². The number of carbonyl (C=O) groups is 2. The van der Waals surface area contributed by atoms with Gasteiger partial charge in [0.1, 0.15) is 0 Å². The van der Waals surface area contributed by atoms with E-state index in [1.54, 1.807) is 24.1 Å². The lowest BCUT2D eigenvalue weighted by Gasteiger charge is -2.17. The fourth-order valence-corrected chi connectivity index (χ4v) is 2.86. The first-order valence-electron chi connectivity index (χ1n) is 9.52. The highest BCUT2D eigenvalue weighted by molar-refractivity contribution is 5.94. The molecule has 0 aromatic heterocycles. The maximum atomic E-state index is 12.5. The van der Waals surface area contributed by atoms with Crippen molar-refractivity contribution in [3.05, 3.63) is 95.6 Å². The predicted molar refractivity (Wildman–Crippen MR) is 117 cm³/mol. The summed E-state index contributed by atoms with van der Waals surface area (Å²) in [5, 5.41) is 5.64. The molecule has 0 atom stereocenters. The van der Waals surface area contributed by atoms with E-state index in [1.807, 2.05) is 73.7 Å². The molecule has 3 amide bonds.